The minimum absolute atomic E-state index is 0.160. The van der Waals surface area contributed by atoms with E-state index in [0.29, 0.717) is 11.3 Å². The van der Waals surface area contributed by atoms with Crippen LogP contribution in [0.25, 0.3) is 22.4 Å². The zero-order valence-electron chi connectivity index (χ0n) is 8.22. The Labute approximate surface area is 94.5 Å². The third-order valence-corrected chi connectivity index (χ3v) is 2.41. The Morgan fingerprint density at radius 1 is 1.31 bits per heavy atom. The maximum Gasteiger partial charge on any atom is 0.225 e. The number of aromatic amines is 1. The Hall–Kier alpha value is -2.02. The molecule has 0 bridgehead atoms. The van der Waals surface area contributed by atoms with Crippen molar-refractivity contribution in [3.8, 4) is 11.4 Å². The van der Waals surface area contributed by atoms with Crippen LogP contribution in [0.3, 0.4) is 0 Å². The molecule has 0 atom stereocenters. The number of nitrogens with zero attached hydrogens (tertiary/aromatic N) is 6. The molecule has 0 radical (unpaired) electrons. The van der Waals surface area contributed by atoms with Gasteiger partial charge in [0.1, 0.15) is 11.4 Å². The summed E-state index contributed by atoms with van der Waals surface area (Å²) < 4.78 is 1.62. The summed E-state index contributed by atoms with van der Waals surface area (Å²) in [6.45, 7) is 0. The monoisotopic (exact) mass is 235 g/mol. The first-order chi connectivity index (χ1) is 7.75. The minimum Gasteiger partial charge on any atom is -0.261 e. The van der Waals surface area contributed by atoms with Crippen LogP contribution < -0.4 is 0 Å². The van der Waals surface area contributed by atoms with Crippen LogP contribution in [0.2, 0.25) is 5.28 Å². The number of rotatable bonds is 1. The molecule has 3 rings (SSSR count). The first kappa shape index (κ1) is 9.22. The molecule has 3 aromatic heterocycles. The van der Waals surface area contributed by atoms with Gasteiger partial charge in [-0.15, -0.1) is 5.10 Å². The van der Waals surface area contributed by atoms with E-state index in [-0.39, 0.29) is 5.28 Å². The fourth-order valence-corrected chi connectivity index (χ4v) is 1.68. The molecule has 0 saturated carbocycles. The van der Waals surface area contributed by atoms with Crippen molar-refractivity contribution >= 4 is 22.6 Å². The van der Waals surface area contributed by atoms with E-state index < -0.39 is 0 Å². The normalized spacial score (nSPS) is 11.1. The number of aryl methyl sites for hydroxylation is 1. The van der Waals surface area contributed by atoms with Gasteiger partial charge >= 0.3 is 0 Å². The van der Waals surface area contributed by atoms with Crippen LogP contribution in [0, 0.1) is 0 Å². The van der Waals surface area contributed by atoms with Gasteiger partial charge in [0.2, 0.25) is 5.28 Å². The van der Waals surface area contributed by atoms with Gasteiger partial charge in [0.15, 0.2) is 5.65 Å². The average Bonchev–Trinajstić information content (AvgIpc) is 2.84. The lowest BCUT2D eigenvalue weighted by atomic mass is 10.2. The van der Waals surface area contributed by atoms with Crippen LogP contribution in [0.1, 0.15) is 0 Å². The summed E-state index contributed by atoms with van der Waals surface area (Å²) in [7, 11) is 1.78. The van der Waals surface area contributed by atoms with E-state index >= 15 is 0 Å². The Morgan fingerprint density at radius 3 is 2.94 bits per heavy atom. The van der Waals surface area contributed by atoms with Crippen molar-refractivity contribution in [3.05, 3.63) is 17.7 Å². The third-order valence-electron chi connectivity index (χ3n) is 2.24. The molecule has 0 aliphatic rings. The predicted octanol–water partition coefficient (Wildman–Crippen LogP) is 0.802. The van der Waals surface area contributed by atoms with Crippen LogP contribution in [-0.2, 0) is 7.05 Å². The van der Waals surface area contributed by atoms with Crippen LogP contribution in [0.4, 0.5) is 0 Å². The highest BCUT2D eigenvalue weighted by Gasteiger charge is 2.13. The fourth-order valence-electron chi connectivity index (χ4n) is 1.51. The second kappa shape index (κ2) is 3.24. The van der Waals surface area contributed by atoms with E-state index in [0.717, 1.165) is 11.1 Å². The zero-order valence-corrected chi connectivity index (χ0v) is 8.97. The number of fused-ring (bicyclic) bond motifs is 1. The molecule has 0 amide bonds. The van der Waals surface area contributed by atoms with Crippen LogP contribution in [0.5, 0.6) is 0 Å². The molecule has 0 aliphatic carbocycles. The van der Waals surface area contributed by atoms with Gasteiger partial charge in [0.25, 0.3) is 0 Å². The molecule has 80 valence electrons. The molecule has 0 saturated heterocycles. The first-order valence-electron chi connectivity index (χ1n) is 4.47. The van der Waals surface area contributed by atoms with E-state index in [1.165, 1.54) is 0 Å². The summed E-state index contributed by atoms with van der Waals surface area (Å²) in [4.78, 5) is 8.19. The molecule has 1 N–H and O–H groups in total. The largest absolute Gasteiger partial charge is 0.261 e. The lowest BCUT2D eigenvalue weighted by Gasteiger charge is -2.01. The smallest absolute Gasteiger partial charge is 0.225 e. The van der Waals surface area contributed by atoms with E-state index in [2.05, 4.69) is 30.5 Å². The molecule has 16 heavy (non-hydrogen) atoms. The summed E-state index contributed by atoms with van der Waals surface area (Å²) in [5, 5.41) is 15.2. The molecule has 3 heterocycles. The number of nitrogens with one attached hydrogen (secondary N) is 1. The van der Waals surface area contributed by atoms with Gasteiger partial charge in [-0.2, -0.15) is 10.1 Å². The SMILES string of the molecule is Cn1nncc1-c1nc(Cl)nc2[nH]ncc12. The molecule has 0 aliphatic heterocycles. The minimum atomic E-state index is 0.160. The average molecular weight is 236 g/mol. The van der Waals surface area contributed by atoms with E-state index in [1.807, 2.05) is 0 Å². The van der Waals surface area contributed by atoms with Gasteiger partial charge in [-0.05, 0) is 11.6 Å². The molecule has 8 heteroatoms. The van der Waals surface area contributed by atoms with Crippen molar-refractivity contribution in [2.45, 2.75) is 0 Å². The maximum absolute atomic E-state index is 5.83. The number of halogens is 1. The molecule has 0 unspecified atom stereocenters. The van der Waals surface area contributed by atoms with Crippen LogP contribution in [0.15, 0.2) is 12.4 Å². The van der Waals surface area contributed by atoms with E-state index in [1.54, 1.807) is 24.1 Å². The van der Waals surface area contributed by atoms with Gasteiger partial charge < -0.3 is 0 Å². The lowest BCUT2D eigenvalue weighted by molar-refractivity contribution is 0.719. The Morgan fingerprint density at radius 2 is 2.19 bits per heavy atom. The van der Waals surface area contributed by atoms with Crippen molar-refractivity contribution in [1.82, 2.24) is 35.2 Å². The Kier molecular flexibility index (Phi) is 1.87. The number of hydrogen-bond donors (Lipinski definition) is 1. The highest BCUT2D eigenvalue weighted by atomic mass is 35.5. The van der Waals surface area contributed by atoms with Crippen molar-refractivity contribution in [2.24, 2.45) is 7.05 Å². The van der Waals surface area contributed by atoms with Gasteiger partial charge in [-0.25, -0.2) is 9.67 Å². The molecule has 0 spiro atoms. The van der Waals surface area contributed by atoms with Crippen molar-refractivity contribution in [1.29, 1.82) is 0 Å². The quantitative estimate of drug-likeness (QED) is 0.631. The van der Waals surface area contributed by atoms with Crippen molar-refractivity contribution in [3.63, 3.8) is 0 Å². The van der Waals surface area contributed by atoms with Crippen LogP contribution in [-0.4, -0.2) is 35.2 Å². The Balaban J connectivity index is 2.38. The molecule has 3 aromatic rings. The zero-order chi connectivity index (χ0) is 11.1. The van der Waals surface area contributed by atoms with Crippen LogP contribution >= 0.6 is 11.6 Å². The predicted molar refractivity (Wildman–Crippen MR) is 56.7 cm³/mol. The van der Waals surface area contributed by atoms with Gasteiger partial charge in [-0.1, -0.05) is 5.21 Å². The molecular weight excluding hydrogens is 230 g/mol. The second-order valence-electron chi connectivity index (χ2n) is 3.22. The second-order valence-corrected chi connectivity index (χ2v) is 3.55. The highest BCUT2D eigenvalue weighted by molar-refractivity contribution is 6.28. The fraction of sp³-hybridized carbons (Fsp3) is 0.125. The van der Waals surface area contributed by atoms with Gasteiger partial charge in [-0.3, -0.25) is 5.10 Å². The molecular formula is C8H6ClN7. The first-order valence-corrected chi connectivity index (χ1v) is 4.85. The lowest BCUT2D eigenvalue weighted by Crippen LogP contribution is -1.97. The summed E-state index contributed by atoms with van der Waals surface area (Å²) in [5.41, 5.74) is 2.02. The summed E-state index contributed by atoms with van der Waals surface area (Å²) >= 11 is 5.83. The third kappa shape index (κ3) is 1.25. The summed E-state index contributed by atoms with van der Waals surface area (Å²) in [6.07, 6.45) is 3.26. The summed E-state index contributed by atoms with van der Waals surface area (Å²) in [6, 6.07) is 0. The molecule has 0 aromatic carbocycles. The standard InChI is InChI=1S/C8H6ClN7/c1-16-5(3-11-15-16)6-4-2-10-14-7(4)13-8(9)12-6/h2-3H,1H3,(H,10,12,13,14). The van der Waals surface area contributed by atoms with E-state index in [4.69, 9.17) is 11.6 Å². The van der Waals surface area contributed by atoms with E-state index in [9.17, 15) is 0 Å². The number of aromatic nitrogens is 7. The van der Waals surface area contributed by atoms with Gasteiger partial charge in [0.05, 0.1) is 17.8 Å². The molecule has 7 nitrogen and oxygen atoms in total. The Bertz CT molecular complexity index is 655. The molecule has 0 fully saturated rings. The number of H-pyrrole nitrogens is 1. The highest BCUT2D eigenvalue weighted by Crippen LogP contribution is 2.24. The topological polar surface area (TPSA) is 85.2 Å². The number of hydrogen-bond acceptors (Lipinski definition) is 5. The van der Waals surface area contributed by atoms with Crippen molar-refractivity contribution in [2.75, 3.05) is 0 Å². The maximum atomic E-state index is 5.83. The summed E-state index contributed by atoms with van der Waals surface area (Å²) in [5.74, 6) is 0. The van der Waals surface area contributed by atoms with Crippen molar-refractivity contribution < 1.29 is 0 Å². The van der Waals surface area contributed by atoms with Gasteiger partial charge in [0, 0.05) is 7.05 Å².